The number of ether oxygens (including phenoxy) is 1. The van der Waals surface area contributed by atoms with Gasteiger partial charge in [-0.2, -0.15) is 11.8 Å². The molecule has 0 aliphatic carbocycles. The highest BCUT2D eigenvalue weighted by Crippen LogP contribution is 2.33. The first-order valence-corrected chi connectivity index (χ1v) is 15.1. The number of rotatable bonds is 16. The summed E-state index contributed by atoms with van der Waals surface area (Å²) < 4.78 is 6.95. The van der Waals surface area contributed by atoms with Crippen LogP contribution < -0.4 is 21.3 Å². The van der Waals surface area contributed by atoms with Crippen LogP contribution in [0.5, 0.6) is 0 Å². The maximum absolute atomic E-state index is 12.3. The number of esters is 1. The van der Waals surface area contributed by atoms with Crippen molar-refractivity contribution in [2.75, 3.05) is 12.3 Å². The van der Waals surface area contributed by atoms with Gasteiger partial charge in [0, 0.05) is 36.6 Å². The molecule has 1 aromatic heterocycles. The van der Waals surface area contributed by atoms with Gasteiger partial charge < -0.3 is 26.0 Å². The summed E-state index contributed by atoms with van der Waals surface area (Å²) in [5, 5.41) is 19.3. The third-order valence-corrected chi connectivity index (χ3v) is 8.48. The molecule has 2 aliphatic rings. The van der Waals surface area contributed by atoms with Crippen molar-refractivity contribution in [2.45, 2.75) is 101 Å². The Hall–Kier alpha value is -2.54. The molecule has 5 unspecified atom stereocenters. The minimum atomic E-state index is -0.810. The van der Waals surface area contributed by atoms with Crippen LogP contribution in [0, 0.1) is 5.92 Å². The number of urea groups is 1. The average molecular weight is 586 g/mol. The third-order valence-electron chi connectivity index (χ3n) is 6.59. The highest BCUT2D eigenvalue weighted by Gasteiger charge is 2.42. The monoisotopic (exact) mass is 585 g/mol. The van der Waals surface area contributed by atoms with E-state index in [2.05, 4.69) is 31.6 Å². The Bertz CT molecular complexity index is 994. The molecule has 4 amide bonds. The van der Waals surface area contributed by atoms with Gasteiger partial charge in [-0.1, -0.05) is 18.6 Å². The number of fused-ring (bicyclic) bond motifs is 1. The van der Waals surface area contributed by atoms with Crippen molar-refractivity contribution in [3.8, 4) is 0 Å². The van der Waals surface area contributed by atoms with Crippen LogP contribution in [-0.4, -0.2) is 79.9 Å². The fraction of sp³-hybridized carbons (Fsp3) is 0.760. The van der Waals surface area contributed by atoms with Crippen LogP contribution in [0.15, 0.2) is 6.20 Å². The van der Waals surface area contributed by atoms with E-state index in [1.54, 1.807) is 17.8 Å². The van der Waals surface area contributed by atoms with Crippen molar-refractivity contribution in [3.05, 3.63) is 11.9 Å². The van der Waals surface area contributed by atoms with Gasteiger partial charge in [0.05, 0.1) is 24.2 Å². The summed E-state index contributed by atoms with van der Waals surface area (Å²) in [7, 11) is 0. The lowest BCUT2D eigenvalue weighted by molar-refractivity contribution is -0.149. The number of hydrogen-bond acceptors (Lipinski definition) is 8. The lowest BCUT2D eigenvalue weighted by atomic mass is 10.0. The number of nitrogens with one attached hydrogen (secondary N) is 4. The van der Waals surface area contributed by atoms with E-state index in [4.69, 9.17) is 16.3 Å². The Labute approximate surface area is 238 Å². The molecule has 12 nitrogen and oxygen atoms in total. The van der Waals surface area contributed by atoms with E-state index >= 15 is 0 Å². The predicted octanol–water partition coefficient (Wildman–Crippen LogP) is 1.71. The fourth-order valence-corrected chi connectivity index (χ4v) is 6.40. The van der Waals surface area contributed by atoms with Crippen molar-refractivity contribution in [1.29, 1.82) is 0 Å². The van der Waals surface area contributed by atoms with Gasteiger partial charge in [0.25, 0.3) is 0 Å². The molecule has 2 saturated heterocycles. The summed E-state index contributed by atoms with van der Waals surface area (Å²) in [5.74, 6) is -0.319. The number of hydrogen-bond donors (Lipinski definition) is 4. The number of amides is 4. The molecule has 0 radical (unpaired) electrons. The van der Waals surface area contributed by atoms with Crippen LogP contribution in [0.4, 0.5) is 4.79 Å². The number of halogens is 1. The van der Waals surface area contributed by atoms with Crippen molar-refractivity contribution in [2.24, 2.45) is 5.92 Å². The zero-order valence-electron chi connectivity index (χ0n) is 22.8. The zero-order valence-corrected chi connectivity index (χ0v) is 24.4. The normalized spacial score (nSPS) is 21.6. The van der Waals surface area contributed by atoms with Gasteiger partial charge in [0.15, 0.2) is 0 Å². The van der Waals surface area contributed by atoms with Crippen molar-refractivity contribution >= 4 is 47.2 Å². The molecule has 39 heavy (non-hydrogen) atoms. The maximum Gasteiger partial charge on any atom is 0.315 e. The van der Waals surface area contributed by atoms with Gasteiger partial charge in [0.2, 0.25) is 11.8 Å². The molecule has 5 atom stereocenters. The summed E-state index contributed by atoms with van der Waals surface area (Å²) in [6.07, 6.45) is 5.82. The second kappa shape index (κ2) is 15.3. The van der Waals surface area contributed by atoms with Gasteiger partial charge in [-0.15, -0.1) is 16.7 Å². The highest BCUT2D eigenvalue weighted by atomic mass is 35.5. The lowest BCUT2D eigenvalue weighted by Gasteiger charge is -2.16. The van der Waals surface area contributed by atoms with Crippen molar-refractivity contribution in [3.63, 3.8) is 0 Å². The van der Waals surface area contributed by atoms with Gasteiger partial charge >= 0.3 is 12.0 Å². The van der Waals surface area contributed by atoms with E-state index in [1.807, 2.05) is 25.6 Å². The Kier molecular flexibility index (Phi) is 12.2. The van der Waals surface area contributed by atoms with Crippen LogP contribution in [-0.2, 0) is 32.3 Å². The molecule has 0 bridgehead atoms. The van der Waals surface area contributed by atoms with E-state index in [0.29, 0.717) is 36.9 Å². The van der Waals surface area contributed by atoms with Gasteiger partial charge in [-0.05, 0) is 39.5 Å². The number of aryl methyl sites for hydroxylation is 1. The van der Waals surface area contributed by atoms with E-state index in [-0.39, 0.29) is 49.0 Å². The molecule has 3 heterocycles. The first-order valence-electron chi connectivity index (χ1n) is 13.6. The SMILES string of the molecule is CC(C)NC(=O)C(Cl)CC(C)C(=O)OCc1cn(CCCNC(=O)CCCCC2SCC3NC(=O)NC32)nn1. The van der Waals surface area contributed by atoms with Crippen molar-refractivity contribution < 1.29 is 23.9 Å². The van der Waals surface area contributed by atoms with E-state index in [9.17, 15) is 19.2 Å². The first-order chi connectivity index (χ1) is 18.6. The number of thioether (sulfide) groups is 1. The smallest absolute Gasteiger partial charge is 0.315 e. The summed E-state index contributed by atoms with van der Waals surface area (Å²) in [6.45, 7) is 6.43. The Balaban J connectivity index is 1.22. The first kappa shape index (κ1) is 31.0. The number of aromatic nitrogens is 3. The Morgan fingerprint density at radius 1 is 1.23 bits per heavy atom. The van der Waals surface area contributed by atoms with Crippen LogP contribution in [0.3, 0.4) is 0 Å². The maximum atomic E-state index is 12.3. The van der Waals surface area contributed by atoms with E-state index < -0.39 is 17.3 Å². The molecule has 218 valence electrons. The topological polar surface area (TPSA) is 156 Å². The lowest BCUT2D eigenvalue weighted by Crippen LogP contribution is -2.37. The molecule has 14 heteroatoms. The van der Waals surface area contributed by atoms with Crippen LogP contribution in [0.25, 0.3) is 0 Å². The van der Waals surface area contributed by atoms with Gasteiger partial charge in [0.1, 0.15) is 17.7 Å². The highest BCUT2D eigenvalue weighted by molar-refractivity contribution is 8.00. The molecule has 1 aromatic rings. The predicted molar refractivity (Wildman–Crippen MR) is 148 cm³/mol. The summed E-state index contributed by atoms with van der Waals surface area (Å²) in [4.78, 5) is 47.8. The average Bonchev–Trinajstić information content (AvgIpc) is 3.59. The number of carbonyl (C=O) groups excluding carboxylic acids is 4. The Morgan fingerprint density at radius 2 is 2.03 bits per heavy atom. The van der Waals surface area contributed by atoms with Crippen LogP contribution >= 0.6 is 23.4 Å². The number of alkyl halides is 1. The molecule has 3 rings (SSSR count). The number of carbonyl (C=O) groups is 4. The molecule has 0 saturated carbocycles. The molecule has 0 spiro atoms. The molecule has 2 aliphatic heterocycles. The zero-order chi connectivity index (χ0) is 28.4. The number of nitrogens with zero attached hydrogens (tertiary/aromatic N) is 3. The van der Waals surface area contributed by atoms with E-state index in [1.165, 1.54) is 0 Å². The molecule has 4 N–H and O–H groups in total. The van der Waals surface area contributed by atoms with Crippen molar-refractivity contribution in [1.82, 2.24) is 36.3 Å². The summed E-state index contributed by atoms with van der Waals surface area (Å²) in [5.41, 5.74) is 0.513. The van der Waals surface area contributed by atoms with Gasteiger partial charge in [-0.3, -0.25) is 19.1 Å². The fourth-order valence-electron chi connectivity index (χ4n) is 4.52. The quantitative estimate of drug-likeness (QED) is 0.0988. The molecular weight excluding hydrogens is 546 g/mol. The largest absolute Gasteiger partial charge is 0.459 e. The summed E-state index contributed by atoms with van der Waals surface area (Å²) >= 11 is 7.99. The second-order valence-corrected chi connectivity index (χ2v) is 12.2. The minimum Gasteiger partial charge on any atom is -0.459 e. The van der Waals surface area contributed by atoms with Gasteiger partial charge in [-0.25, -0.2) is 4.79 Å². The van der Waals surface area contributed by atoms with E-state index in [0.717, 1.165) is 25.0 Å². The minimum absolute atomic E-state index is 0.0191. The third kappa shape index (κ3) is 10.2. The van der Waals surface area contributed by atoms with Crippen LogP contribution in [0.1, 0.15) is 65.0 Å². The summed E-state index contributed by atoms with van der Waals surface area (Å²) in [6, 6.07) is 0.338. The number of unbranched alkanes of at least 4 members (excludes halogenated alkanes) is 1. The van der Waals surface area contributed by atoms with Crippen LogP contribution in [0.2, 0.25) is 0 Å². The second-order valence-electron chi connectivity index (χ2n) is 10.4. The molecule has 2 fully saturated rings. The molecular formula is C25H40ClN7O5S. The Morgan fingerprint density at radius 3 is 2.79 bits per heavy atom. The standard InChI is InChI=1S/C25H40ClN7O5S/c1-15(2)28-23(35)18(26)11-16(3)24(36)38-13-17-12-33(32-31-17)10-6-9-27-21(34)8-5-4-7-20-22-19(14-39-20)29-25(37)30-22/h12,15-16,18-20,22H,4-11,13-14H2,1-3H3,(H,27,34)(H,28,35)(H2,29,30,37). The molecule has 0 aromatic carbocycles.